The van der Waals surface area contributed by atoms with Gasteiger partial charge < -0.3 is 5.32 Å². The Bertz CT molecular complexity index is 155. The Labute approximate surface area is 79.6 Å². The van der Waals surface area contributed by atoms with Gasteiger partial charge in [-0.3, -0.25) is 10.2 Å². The SMILES string of the molecule is CNCCC(=O)NN1CCCCC1. The zero-order valence-corrected chi connectivity index (χ0v) is 8.31. The maximum Gasteiger partial charge on any atom is 0.235 e. The Hall–Kier alpha value is -0.610. The van der Waals surface area contributed by atoms with Crippen LogP contribution in [0.2, 0.25) is 0 Å². The first-order chi connectivity index (χ1) is 6.33. The standard InChI is InChI=1S/C9H19N3O/c1-10-6-5-9(13)11-12-7-3-2-4-8-12/h10H,2-8H2,1H3,(H,11,13). The molecule has 0 aromatic carbocycles. The number of nitrogens with zero attached hydrogens (tertiary/aromatic N) is 1. The normalized spacial score (nSPS) is 18.5. The zero-order chi connectivity index (χ0) is 9.52. The first kappa shape index (κ1) is 10.5. The van der Waals surface area contributed by atoms with E-state index >= 15 is 0 Å². The van der Waals surface area contributed by atoms with E-state index in [4.69, 9.17) is 0 Å². The first-order valence-electron chi connectivity index (χ1n) is 5.02. The molecule has 0 spiro atoms. The van der Waals surface area contributed by atoms with Gasteiger partial charge >= 0.3 is 0 Å². The number of hydrazine groups is 1. The molecule has 1 amide bonds. The Morgan fingerprint density at radius 2 is 2.00 bits per heavy atom. The first-order valence-corrected chi connectivity index (χ1v) is 5.02. The number of rotatable bonds is 4. The number of carbonyl (C=O) groups excluding carboxylic acids is 1. The number of piperidine rings is 1. The van der Waals surface area contributed by atoms with E-state index in [1.165, 1.54) is 19.3 Å². The molecule has 0 aliphatic carbocycles. The Kier molecular flexibility index (Phi) is 4.78. The van der Waals surface area contributed by atoms with Crippen molar-refractivity contribution in [3.63, 3.8) is 0 Å². The summed E-state index contributed by atoms with van der Waals surface area (Å²) < 4.78 is 0. The maximum absolute atomic E-state index is 11.3. The molecule has 0 radical (unpaired) electrons. The van der Waals surface area contributed by atoms with E-state index in [2.05, 4.69) is 10.7 Å². The molecule has 4 nitrogen and oxygen atoms in total. The third kappa shape index (κ3) is 4.24. The highest BCUT2D eigenvalue weighted by Crippen LogP contribution is 2.05. The monoisotopic (exact) mass is 185 g/mol. The number of amides is 1. The van der Waals surface area contributed by atoms with Gasteiger partial charge in [0.05, 0.1) is 0 Å². The van der Waals surface area contributed by atoms with Gasteiger partial charge in [-0.15, -0.1) is 0 Å². The van der Waals surface area contributed by atoms with Crippen molar-refractivity contribution >= 4 is 5.91 Å². The quantitative estimate of drug-likeness (QED) is 0.653. The number of nitrogens with one attached hydrogen (secondary N) is 2. The second-order valence-electron chi connectivity index (χ2n) is 3.44. The van der Waals surface area contributed by atoms with Crippen molar-refractivity contribution in [3.05, 3.63) is 0 Å². The molecule has 2 N–H and O–H groups in total. The average Bonchev–Trinajstić information content (AvgIpc) is 2.16. The van der Waals surface area contributed by atoms with Gasteiger partial charge in [-0.25, -0.2) is 5.01 Å². The highest BCUT2D eigenvalue weighted by molar-refractivity contribution is 5.75. The molecule has 0 bridgehead atoms. The molecule has 1 rings (SSSR count). The van der Waals surface area contributed by atoms with Gasteiger partial charge in [0.15, 0.2) is 0 Å². The predicted octanol–water partition coefficient (Wildman–Crippen LogP) is 0.113. The second kappa shape index (κ2) is 5.94. The summed E-state index contributed by atoms with van der Waals surface area (Å²) in [6.07, 6.45) is 4.26. The lowest BCUT2D eigenvalue weighted by Crippen LogP contribution is -2.45. The highest BCUT2D eigenvalue weighted by Gasteiger charge is 2.11. The van der Waals surface area contributed by atoms with Crippen LogP contribution in [0.25, 0.3) is 0 Å². The molecule has 1 aliphatic rings. The third-order valence-electron chi connectivity index (χ3n) is 2.24. The summed E-state index contributed by atoms with van der Waals surface area (Å²) in [7, 11) is 1.86. The van der Waals surface area contributed by atoms with E-state index < -0.39 is 0 Å². The fourth-order valence-corrected chi connectivity index (χ4v) is 1.48. The van der Waals surface area contributed by atoms with E-state index in [1.807, 2.05) is 12.1 Å². The molecule has 1 aliphatic heterocycles. The van der Waals surface area contributed by atoms with Crippen molar-refractivity contribution in [2.24, 2.45) is 0 Å². The third-order valence-corrected chi connectivity index (χ3v) is 2.24. The molecular weight excluding hydrogens is 166 g/mol. The lowest BCUT2D eigenvalue weighted by molar-refractivity contribution is -0.126. The molecule has 0 aromatic heterocycles. The summed E-state index contributed by atoms with van der Waals surface area (Å²) in [5.74, 6) is 0.122. The summed E-state index contributed by atoms with van der Waals surface area (Å²) in [4.78, 5) is 11.3. The van der Waals surface area contributed by atoms with E-state index in [9.17, 15) is 4.79 Å². The largest absolute Gasteiger partial charge is 0.319 e. The lowest BCUT2D eigenvalue weighted by Gasteiger charge is -2.26. The van der Waals surface area contributed by atoms with Crippen LogP contribution in [0.4, 0.5) is 0 Å². The molecular formula is C9H19N3O. The van der Waals surface area contributed by atoms with Gasteiger partial charge in [-0.2, -0.15) is 0 Å². The molecule has 0 unspecified atom stereocenters. The van der Waals surface area contributed by atoms with Gasteiger partial charge in [0.25, 0.3) is 0 Å². The smallest absolute Gasteiger partial charge is 0.235 e. The van der Waals surface area contributed by atoms with Crippen LogP contribution in [0.3, 0.4) is 0 Å². The molecule has 13 heavy (non-hydrogen) atoms. The summed E-state index contributed by atoms with van der Waals surface area (Å²) in [6.45, 7) is 2.76. The fraction of sp³-hybridized carbons (Fsp3) is 0.889. The summed E-state index contributed by atoms with van der Waals surface area (Å²) in [5.41, 5.74) is 2.91. The minimum atomic E-state index is 0.122. The number of hydrogen-bond acceptors (Lipinski definition) is 3. The number of carbonyl (C=O) groups is 1. The fourth-order valence-electron chi connectivity index (χ4n) is 1.48. The molecule has 1 saturated heterocycles. The molecule has 0 saturated carbocycles. The van der Waals surface area contributed by atoms with Gasteiger partial charge in [0.2, 0.25) is 5.91 Å². The van der Waals surface area contributed by atoms with Gasteiger partial charge in [-0.1, -0.05) is 6.42 Å². The van der Waals surface area contributed by atoms with E-state index in [1.54, 1.807) is 0 Å². The van der Waals surface area contributed by atoms with Crippen LogP contribution >= 0.6 is 0 Å². The molecule has 0 aromatic rings. The summed E-state index contributed by atoms with van der Waals surface area (Å²) in [5, 5.41) is 4.99. The molecule has 4 heteroatoms. The molecule has 76 valence electrons. The minimum Gasteiger partial charge on any atom is -0.319 e. The predicted molar refractivity (Wildman–Crippen MR) is 52.1 cm³/mol. The van der Waals surface area contributed by atoms with Crippen LogP contribution in [0, 0.1) is 0 Å². The minimum absolute atomic E-state index is 0.122. The Balaban J connectivity index is 2.11. The number of hydrogen-bond donors (Lipinski definition) is 2. The Morgan fingerprint density at radius 1 is 1.31 bits per heavy atom. The van der Waals surface area contributed by atoms with E-state index in [-0.39, 0.29) is 5.91 Å². The lowest BCUT2D eigenvalue weighted by atomic mass is 10.2. The van der Waals surface area contributed by atoms with Crippen LogP contribution in [-0.4, -0.2) is 37.6 Å². The second-order valence-corrected chi connectivity index (χ2v) is 3.44. The highest BCUT2D eigenvalue weighted by atomic mass is 16.2. The van der Waals surface area contributed by atoms with Crippen LogP contribution < -0.4 is 10.7 Å². The van der Waals surface area contributed by atoms with E-state index in [0.29, 0.717) is 6.42 Å². The molecule has 1 fully saturated rings. The topological polar surface area (TPSA) is 44.4 Å². The summed E-state index contributed by atoms with van der Waals surface area (Å²) in [6, 6.07) is 0. The van der Waals surface area contributed by atoms with Crippen LogP contribution in [0.15, 0.2) is 0 Å². The van der Waals surface area contributed by atoms with Gasteiger partial charge in [0, 0.05) is 26.1 Å². The van der Waals surface area contributed by atoms with Crippen molar-refractivity contribution in [2.45, 2.75) is 25.7 Å². The van der Waals surface area contributed by atoms with Gasteiger partial charge in [-0.05, 0) is 19.9 Å². The van der Waals surface area contributed by atoms with Crippen molar-refractivity contribution in [1.29, 1.82) is 0 Å². The van der Waals surface area contributed by atoms with Crippen molar-refractivity contribution in [2.75, 3.05) is 26.7 Å². The van der Waals surface area contributed by atoms with E-state index in [0.717, 1.165) is 19.6 Å². The van der Waals surface area contributed by atoms with Crippen molar-refractivity contribution in [1.82, 2.24) is 15.8 Å². The van der Waals surface area contributed by atoms with Crippen LogP contribution in [0.1, 0.15) is 25.7 Å². The zero-order valence-electron chi connectivity index (χ0n) is 8.31. The van der Waals surface area contributed by atoms with Gasteiger partial charge in [0.1, 0.15) is 0 Å². The summed E-state index contributed by atoms with van der Waals surface area (Å²) >= 11 is 0. The molecule has 0 atom stereocenters. The maximum atomic E-state index is 11.3. The average molecular weight is 185 g/mol. The molecule has 1 heterocycles. The van der Waals surface area contributed by atoms with Crippen molar-refractivity contribution in [3.8, 4) is 0 Å². The Morgan fingerprint density at radius 3 is 2.62 bits per heavy atom. The van der Waals surface area contributed by atoms with Crippen molar-refractivity contribution < 1.29 is 4.79 Å². The van der Waals surface area contributed by atoms with Crippen LogP contribution in [0.5, 0.6) is 0 Å². The van der Waals surface area contributed by atoms with Crippen LogP contribution in [-0.2, 0) is 4.79 Å².